The summed E-state index contributed by atoms with van der Waals surface area (Å²) in [5.74, 6) is 3.27. The minimum Gasteiger partial charge on any atom is -0.440 e. The van der Waals surface area contributed by atoms with E-state index in [1.807, 2.05) is 29.9 Å². The Balaban J connectivity index is 0.00000253. The van der Waals surface area contributed by atoms with Gasteiger partial charge >= 0.3 is 0 Å². The number of aromatic nitrogens is 4. The molecule has 4 heterocycles. The van der Waals surface area contributed by atoms with E-state index in [1.165, 1.54) is 46.8 Å². The Labute approximate surface area is 220 Å². The van der Waals surface area contributed by atoms with Crippen molar-refractivity contribution in [2.24, 2.45) is 13.0 Å². The maximum Gasteiger partial charge on any atom is 0.202 e. The van der Waals surface area contributed by atoms with Crippen molar-refractivity contribution >= 4 is 35.5 Å². The second-order valence-electron chi connectivity index (χ2n) is 9.62. The largest absolute Gasteiger partial charge is 0.440 e. The molecule has 0 radical (unpaired) electrons. The van der Waals surface area contributed by atoms with Gasteiger partial charge in [0.15, 0.2) is 17.3 Å². The fraction of sp³-hybridized carbons (Fsp3) is 0.423. The van der Waals surface area contributed by atoms with E-state index in [4.69, 9.17) is 4.42 Å². The van der Waals surface area contributed by atoms with Gasteiger partial charge in [0, 0.05) is 41.1 Å². The van der Waals surface area contributed by atoms with Crippen molar-refractivity contribution in [2.75, 3.05) is 25.4 Å². The number of aryl methyl sites for hydroxylation is 2. The van der Waals surface area contributed by atoms with Crippen LogP contribution < -0.4 is 0 Å². The van der Waals surface area contributed by atoms with E-state index in [-0.39, 0.29) is 12.4 Å². The molecule has 1 aromatic carbocycles. The Kier molecular flexibility index (Phi) is 6.83. The van der Waals surface area contributed by atoms with Crippen LogP contribution in [0.25, 0.3) is 22.0 Å². The lowest BCUT2D eigenvalue weighted by Crippen LogP contribution is -2.27. The number of benzene rings is 1. The van der Waals surface area contributed by atoms with Crippen molar-refractivity contribution in [3.8, 4) is 22.0 Å². The summed E-state index contributed by atoms with van der Waals surface area (Å²) in [6.45, 7) is 7.66. The molecule has 2 fully saturated rings. The molecule has 2 aliphatic rings. The third kappa shape index (κ3) is 4.57. The molecule has 1 aliphatic carbocycles. The zero-order chi connectivity index (χ0) is 23.3. The lowest BCUT2D eigenvalue weighted by molar-refractivity contribution is 0.299. The zero-order valence-corrected chi connectivity index (χ0v) is 22.7. The number of nitrogens with zero attached hydrogens (tertiary/aromatic N) is 5. The van der Waals surface area contributed by atoms with Crippen molar-refractivity contribution < 1.29 is 4.42 Å². The monoisotopic (exact) mass is 527 g/mol. The average Bonchev–Trinajstić information content (AvgIpc) is 3.31. The topological polar surface area (TPSA) is 60.0 Å². The SMILES string of the molecule is Cc1ccc(-c2cccc(C34CC3CN(CCCSc3nnc(-c5ocnc5C)n3C)C4)c2)s1.Cl. The van der Waals surface area contributed by atoms with Crippen LogP contribution in [-0.4, -0.2) is 50.0 Å². The molecule has 9 heteroatoms. The molecule has 2 atom stereocenters. The van der Waals surface area contributed by atoms with Crippen LogP contribution in [0.5, 0.6) is 0 Å². The molecule has 0 amide bonds. The predicted octanol–water partition coefficient (Wildman–Crippen LogP) is 5.99. The summed E-state index contributed by atoms with van der Waals surface area (Å²) < 4.78 is 7.48. The lowest BCUT2D eigenvalue weighted by atomic mass is 9.93. The minimum atomic E-state index is 0. The third-order valence-electron chi connectivity index (χ3n) is 7.31. The molecule has 2 unspecified atom stereocenters. The number of thiophene rings is 1. The minimum absolute atomic E-state index is 0. The van der Waals surface area contributed by atoms with Crippen LogP contribution in [-0.2, 0) is 12.5 Å². The van der Waals surface area contributed by atoms with Gasteiger partial charge in [-0.25, -0.2) is 4.98 Å². The summed E-state index contributed by atoms with van der Waals surface area (Å²) in [6, 6.07) is 13.8. The number of hydrogen-bond donors (Lipinski definition) is 0. The zero-order valence-electron chi connectivity index (χ0n) is 20.2. The van der Waals surface area contributed by atoms with Gasteiger partial charge in [-0.3, -0.25) is 0 Å². The lowest BCUT2D eigenvalue weighted by Gasteiger charge is -2.21. The molecule has 184 valence electrons. The summed E-state index contributed by atoms with van der Waals surface area (Å²) in [6.07, 6.45) is 3.94. The Morgan fingerprint density at radius 3 is 2.86 bits per heavy atom. The maximum absolute atomic E-state index is 5.48. The number of thioether (sulfide) groups is 1. The van der Waals surface area contributed by atoms with Gasteiger partial charge < -0.3 is 13.9 Å². The number of hydrogen-bond acceptors (Lipinski definition) is 7. The summed E-state index contributed by atoms with van der Waals surface area (Å²) >= 11 is 3.65. The number of likely N-dealkylation sites (tertiary alicyclic amines) is 1. The van der Waals surface area contributed by atoms with E-state index in [9.17, 15) is 0 Å². The van der Waals surface area contributed by atoms with Gasteiger partial charge in [-0.05, 0) is 68.5 Å². The third-order valence-corrected chi connectivity index (χ3v) is 9.47. The second-order valence-corrected chi connectivity index (χ2v) is 12.0. The van der Waals surface area contributed by atoms with E-state index in [0.717, 1.165) is 41.3 Å². The summed E-state index contributed by atoms with van der Waals surface area (Å²) in [5.41, 5.74) is 4.12. The molecular formula is C26H30ClN5OS2. The van der Waals surface area contributed by atoms with Gasteiger partial charge in [0.1, 0.15) is 0 Å². The highest BCUT2D eigenvalue weighted by Gasteiger charge is 2.60. The van der Waals surface area contributed by atoms with E-state index in [2.05, 4.69) is 63.4 Å². The molecule has 1 aliphatic heterocycles. The summed E-state index contributed by atoms with van der Waals surface area (Å²) in [4.78, 5) is 9.58. The van der Waals surface area contributed by atoms with E-state index in [0.29, 0.717) is 11.2 Å². The quantitative estimate of drug-likeness (QED) is 0.207. The first-order valence-corrected chi connectivity index (χ1v) is 13.7. The highest BCUT2D eigenvalue weighted by atomic mass is 35.5. The molecule has 0 bridgehead atoms. The van der Waals surface area contributed by atoms with Crippen molar-refractivity contribution in [2.45, 2.75) is 37.3 Å². The highest BCUT2D eigenvalue weighted by Crippen LogP contribution is 2.59. The van der Waals surface area contributed by atoms with Crippen molar-refractivity contribution in [3.05, 3.63) is 58.9 Å². The van der Waals surface area contributed by atoms with Gasteiger partial charge in [-0.2, -0.15) is 0 Å². The van der Waals surface area contributed by atoms with Crippen LogP contribution in [0, 0.1) is 19.8 Å². The smallest absolute Gasteiger partial charge is 0.202 e. The van der Waals surface area contributed by atoms with Crippen molar-refractivity contribution in [1.82, 2.24) is 24.6 Å². The highest BCUT2D eigenvalue weighted by molar-refractivity contribution is 7.99. The van der Waals surface area contributed by atoms with Gasteiger partial charge in [0.25, 0.3) is 0 Å². The molecule has 6 rings (SSSR count). The molecular weight excluding hydrogens is 498 g/mol. The van der Waals surface area contributed by atoms with Crippen LogP contribution in [0.15, 0.2) is 52.4 Å². The van der Waals surface area contributed by atoms with Gasteiger partial charge in [-0.15, -0.1) is 33.9 Å². The van der Waals surface area contributed by atoms with E-state index < -0.39 is 0 Å². The Morgan fingerprint density at radius 1 is 1.20 bits per heavy atom. The van der Waals surface area contributed by atoms with Crippen molar-refractivity contribution in [1.29, 1.82) is 0 Å². The number of oxazole rings is 1. The Morgan fingerprint density at radius 2 is 2.09 bits per heavy atom. The fourth-order valence-corrected chi connectivity index (χ4v) is 7.08. The van der Waals surface area contributed by atoms with Gasteiger partial charge in [-0.1, -0.05) is 30.0 Å². The molecule has 0 spiro atoms. The van der Waals surface area contributed by atoms with E-state index >= 15 is 0 Å². The number of piperidine rings is 1. The molecule has 1 saturated carbocycles. The van der Waals surface area contributed by atoms with E-state index in [1.54, 1.807) is 11.8 Å². The molecule has 6 nitrogen and oxygen atoms in total. The summed E-state index contributed by atoms with van der Waals surface area (Å²) in [7, 11) is 1.99. The molecule has 4 aromatic rings. The first kappa shape index (κ1) is 24.6. The molecule has 1 saturated heterocycles. The number of rotatable bonds is 8. The van der Waals surface area contributed by atoms with Crippen LogP contribution in [0.4, 0.5) is 0 Å². The van der Waals surface area contributed by atoms with Gasteiger partial charge in [0.2, 0.25) is 5.82 Å². The standard InChI is InChI=1S/C26H29N5OS2.ClH/c1-17-8-9-22(34-17)19-6-4-7-20(12-19)26-13-21(26)14-31(15-26)10-5-11-33-25-29-28-24(30(25)3)23-18(2)27-16-32-23;/h4,6-9,12,16,21H,5,10-11,13-15H2,1-3H3;1H. The van der Waals surface area contributed by atoms with Crippen LogP contribution in [0.1, 0.15) is 29.0 Å². The number of halogens is 1. The van der Waals surface area contributed by atoms with Crippen molar-refractivity contribution in [3.63, 3.8) is 0 Å². The predicted molar refractivity (Wildman–Crippen MR) is 145 cm³/mol. The summed E-state index contributed by atoms with van der Waals surface area (Å²) in [5, 5.41) is 9.60. The van der Waals surface area contributed by atoms with Crippen LogP contribution in [0.3, 0.4) is 0 Å². The second kappa shape index (κ2) is 9.73. The number of fused-ring (bicyclic) bond motifs is 1. The van der Waals surface area contributed by atoms with Crippen LogP contribution >= 0.6 is 35.5 Å². The average molecular weight is 528 g/mol. The molecule has 3 aromatic heterocycles. The van der Waals surface area contributed by atoms with Crippen LogP contribution in [0.2, 0.25) is 0 Å². The first-order chi connectivity index (χ1) is 16.5. The maximum atomic E-state index is 5.48. The molecule has 0 N–H and O–H groups in total. The Bertz CT molecular complexity index is 1330. The van der Waals surface area contributed by atoms with Gasteiger partial charge in [0.05, 0.1) is 5.69 Å². The Hall–Kier alpha value is -2.13. The fourth-order valence-electron chi connectivity index (χ4n) is 5.38. The molecule has 35 heavy (non-hydrogen) atoms. The normalized spacial score (nSPS) is 21.2. The first-order valence-electron chi connectivity index (χ1n) is 11.9.